The van der Waals surface area contributed by atoms with Gasteiger partial charge >= 0.3 is 5.97 Å². The van der Waals surface area contributed by atoms with Gasteiger partial charge in [-0.15, -0.1) is 11.6 Å². The van der Waals surface area contributed by atoms with E-state index in [0.29, 0.717) is 5.56 Å². The maximum atomic E-state index is 12.8. The molecule has 2 atom stereocenters. The van der Waals surface area contributed by atoms with Crippen LogP contribution in [-0.2, 0) is 9.59 Å². The molecule has 0 spiro atoms. The zero-order valence-corrected chi connectivity index (χ0v) is 10.1. The number of carbonyl (C=O) groups is 2. The highest BCUT2D eigenvalue weighted by Crippen LogP contribution is 2.28. The van der Waals surface area contributed by atoms with Crippen LogP contribution in [0.5, 0.6) is 0 Å². The third-order valence-electron chi connectivity index (χ3n) is 2.84. The molecule has 1 aromatic rings. The van der Waals surface area contributed by atoms with Gasteiger partial charge in [0, 0.05) is 13.0 Å². The number of hydrogen-bond acceptors (Lipinski definition) is 2. The Kier molecular flexibility index (Phi) is 3.52. The van der Waals surface area contributed by atoms with Crippen LogP contribution in [0, 0.1) is 5.82 Å². The number of nitrogens with zero attached hydrogens (tertiary/aromatic N) is 1. The highest BCUT2D eigenvalue weighted by Gasteiger charge is 2.37. The molecule has 1 aliphatic heterocycles. The molecule has 1 heterocycles. The van der Waals surface area contributed by atoms with Crippen molar-refractivity contribution in [1.29, 1.82) is 0 Å². The van der Waals surface area contributed by atoms with E-state index in [4.69, 9.17) is 11.6 Å². The Morgan fingerprint density at radius 2 is 2.06 bits per heavy atom. The number of rotatable bonds is 3. The normalized spacial score (nSPS) is 21.1. The molecule has 0 radical (unpaired) electrons. The first-order valence-electron chi connectivity index (χ1n) is 5.41. The van der Waals surface area contributed by atoms with Crippen LogP contribution in [0.15, 0.2) is 24.3 Å². The van der Waals surface area contributed by atoms with Crippen molar-refractivity contribution >= 4 is 23.5 Å². The summed E-state index contributed by atoms with van der Waals surface area (Å²) in [5, 5.41) is 8.85. The van der Waals surface area contributed by atoms with Gasteiger partial charge in [-0.1, -0.05) is 12.1 Å². The van der Waals surface area contributed by atoms with Gasteiger partial charge in [0.25, 0.3) is 0 Å². The van der Waals surface area contributed by atoms with Gasteiger partial charge in [0.15, 0.2) is 6.04 Å². The number of hydrogen-bond donors (Lipinski definition) is 1. The van der Waals surface area contributed by atoms with Crippen molar-refractivity contribution < 1.29 is 19.1 Å². The summed E-state index contributed by atoms with van der Waals surface area (Å²) in [5.74, 6) is -1.90. The lowest BCUT2D eigenvalue weighted by molar-refractivity contribution is -0.148. The third-order valence-corrected chi connectivity index (χ3v) is 3.13. The number of carboxylic acids is 1. The first-order chi connectivity index (χ1) is 8.49. The second-order valence-corrected chi connectivity index (χ2v) is 4.76. The minimum Gasteiger partial charge on any atom is -0.479 e. The van der Waals surface area contributed by atoms with E-state index in [2.05, 4.69) is 0 Å². The standard InChI is InChI=1S/C12H11ClFNO3/c13-8-5-10(16)15(6-8)11(12(17)18)7-1-3-9(14)4-2-7/h1-4,8,11H,5-6H2,(H,17,18). The predicted molar refractivity (Wildman–Crippen MR) is 62.7 cm³/mol. The summed E-state index contributed by atoms with van der Waals surface area (Å²) in [7, 11) is 0. The fraction of sp³-hybridized carbons (Fsp3) is 0.333. The predicted octanol–water partition coefficient (Wildman–Crippen LogP) is 1.79. The lowest BCUT2D eigenvalue weighted by Gasteiger charge is -2.24. The molecule has 1 amide bonds. The summed E-state index contributed by atoms with van der Waals surface area (Å²) >= 11 is 5.85. The quantitative estimate of drug-likeness (QED) is 0.853. The molecule has 6 heteroatoms. The van der Waals surface area contributed by atoms with Gasteiger partial charge in [-0.05, 0) is 17.7 Å². The number of amides is 1. The maximum absolute atomic E-state index is 12.8. The zero-order chi connectivity index (χ0) is 13.3. The number of aliphatic carboxylic acids is 1. The Balaban J connectivity index is 2.32. The molecule has 2 rings (SSSR count). The van der Waals surface area contributed by atoms with Gasteiger partial charge < -0.3 is 10.0 Å². The molecular weight excluding hydrogens is 261 g/mol. The van der Waals surface area contributed by atoms with Crippen LogP contribution in [0.2, 0.25) is 0 Å². The second-order valence-electron chi connectivity index (χ2n) is 4.14. The van der Waals surface area contributed by atoms with Gasteiger partial charge in [-0.2, -0.15) is 0 Å². The van der Waals surface area contributed by atoms with E-state index >= 15 is 0 Å². The Labute approximate surface area is 108 Å². The van der Waals surface area contributed by atoms with E-state index in [1.54, 1.807) is 0 Å². The molecule has 4 nitrogen and oxygen atoms in total. The number of carbonyl (C=O) groups excluding carboxylic acids is 1. The SMILES string of the molecule is O=C(O)C(c1ccc(F)cc1)N1CC(Cl)CC1=O. The van der Waals surface area contributed by atoms with E-state index in [9.17, 15) is 19.1 Å². The lowest BCUT2D eigenvalue weighted by atomic mass is 10.1. The topological polar surface area (TPSA) is 57.6 Å². The summed E-state index contributed by atoms with van der Waals surface area (Å²) in [6.07, 6.45) is 0.131. The Morgan fingerprint density at radius 3 is 2.50 bits per heavy atom. The third kappa shape index (κ3) is 2.46. The van der Waals surface area contributed by atoms with Crippen molar-refractivity contribution in [1.82, 2.24) is 4.90 Å². The van der Waals surface area contributed by atoms with Crippen LogP contribution in [0.3, 0.4) is 0 Å². The van der Waals surface area contributed by atoms with E-state index in [-0.39, 0.29) is 24.2 Å². The van der Waals surface area contributed by atoms with Crippen LogP contribution in [0.4, 0.5) is 4.39 Å². The van der Waals surface area contributed by atoms with E-state index in [1.807, 2.05) is 0 Å². The molecule has 18 heavy (non-hydrogen) atoms. The molecule has 1 saturated heterocycles. The fourth-order valence-electron chi connectivity index (χ4n) is 2.04. The molecule has 1 fully saturated rings. The summed E-state index contributed by atoms with van der Waals surface area (Å²) in [6.45, 7) is 0.189. The zero-order valence-electron chi connectivity index (χ0n) is 9.35. The molecule has 0 bridgehead atoms. The van der Waals surface area contributed by atoms with Crippen LogP contribution < -0.4 is 0 Å². The Hall–Kier alpha value is -1.62. The highest BCUT2D eigenvalue weighted by molar-refractivity contribution is 6.22. The highest BCUT2D eigenvalue weighted by atomic mass is 35.5. The van der Waals surface area contributed by atoms with E-state index in [1.165, 1.54) is 29.2 Å². The molecular formula is C12H11ClFNO3. The van der Waals surface area contributed by atoms with Crippen LogP contribution in [0.1, 0.15) is 18.0 Å². The first-order valence-corrected chi connectivity index (χ1v) is 5.84. The Morgan fingerprint density at radius 1 is 1.44 bits per heavy atom. The van der Waals surface area contributed by atoms with Gasteiger partial charge in [0.2, 0.25) is 5.91 Å². The largest absolute Gasteiger partial charge is 0.479 e. The van der Waals surface area contributed by atoms with Gasteiger partial charge in [0.05, 0.1) is 5.38 Å². The molecule has 0 saturated carbocycles. The number of alkyl halides is 1. The van der Waals surface area contributed by atoms with E-state index < -0.39 is 17.8 Å². The second kappa shape index (κ2) is 4.94. The molecule has 0 aromatic heterocycles. The lowest BCUT2D eigenvalue weighted by Crippen LogP contribution is -2.35. The summed E-state index contributed by atoms with van der Waals surface area (Å²) in [6, 6.07) is 3.96. The molecule has 0 aliphatic carbocycles. The van der Waals surface area contributed by atoms with Crippen LogP contribution >= 0.6 is 11.6 Å². The minimum absolute atomic E-state index is 0.131. The van der Waals surface area contributed by atoms with Crippen LogP contribution in [0.25, 0.3) is 0 Å². The monoisotopic (exact) mass is 271 g/mol. The maximum Gasteiger partial charge on any atom is 0.331 e. The van der Waals surface area contributed by atoms with Crippen molar-refractivity contribution in [3.05, 3.63) is 35.6 Å². The van der Waals surface area contributed by atoms with Crippen LogP contribution in [-0.4, -0.2) is 33.8 Å². The average molecular weight is 272 g/mol. The molecule has 1 aromatic carbocycles. The van der Waals surface area contributed by atoms with Gasteiger partial charge in [0.1, 0.15) is 5.82 Å². The van der Waals surface area contributed by atoms with Crippen molar-refractivity contribution in [3.8, 4) is 0 Å². The summed E-state index contributed by atoms with van der Waals surface area (Å²) in [5.41, 5.74) is 0.364. The summed E-state index contributed by atoms with van der Waals surface area (Å²) < 4.78 is 12.8. The fourth-order valence-corrected chi connectivity index (χ4v) is 2.32. The van der Waals surface area contributed by atoms with Gasteiger partial charge in [-0.25, -0.2) is 9.18 Å². The first kappa shape index (κ1) is 12.8. The Bertz CT molecular complexity index is 477. The smallest absolute Gasteiger partial charge is 0.331 e. The molecule has 1 aliphatic rings. The van der Waals surface area contributed by atoms with Gasteiger partial charge in [-0.3, -0.25) is 4.79 Å². The van der Waals surface area contributed by atoms with E-state index in [0.717, 1.165) is 0 Å². The van der Waals surface area contributed by atoms with Crippen molar-refractivity contribution in [2.24, 2.45) is 0 Å². The average Bonchev–Trinajstić information content (AvgIpc) is 2.61. The van der Waals surface area contributed by atoms with Crippen molar-refractivity contribution in [2.75, 3.05) is 6.54 Å². The number of likely N-dealkylation sites (tertiary alicyclic amines) is 1. The number of carboxylic acid groups (broad SMARTS) is 1. The number of halogens is 2. The minimum atomic E-state index is -1.15. The summed E-state index contributed by atoms with van der Waals surface area (Å²) in [4.78, 5) is 24.2. The molecule has 1 N–H and O–H groups in total. The molecule has 2 unspecified atom stereocenters. The molecule has 96 valence electrons. The number of benzene rings is 1. The van der Waals surface area contributed by atoms with Crippen molar-refractivity contribution in [3.63, 3.8) is 0 Å². The van der Waals surface area contributed by atoms with Crippen molar-refractivity contribution in [2.45, 2.75) is 17.8 Å².